The zero-order chi connectivity index (χ0) is 13.4. The topological polar surface area (TPSA) is 55.1 Å². The fourth-order valence-electron chi connectivity index (χ4n) is 2.97. The second kappa shape index (κ2) is 8.52. The van der Waals surface area contributed by atoms with Gasteiger partial charge < -0.3 is 11.1 Å². The maximum atomic E-state index is 12.1. The van der Waals surface area contributed by atoms with Crippen molar-refractivity contribution in [1.29, 1.82) is 0 Å². The molecule has 1 rings (SSSR count). The molecule has 1 saturated carbocycles. The van der Waals surface area contributed by atoms with Crippen LogP contribution in [0.1, 0.15) is 65.2 Å². The number of carbonyl (C=O) groups excluding carboxylic acids is 1. The Hall–Kier alpha value is -0.570. The van der Waals surface area contributed by atoms with Crippen LogP contribution in [0.5, 0.6) is 0 Å². The summed E-state index contributed by atoms with van der Waals surface area (Å²) in [7, 11) is 0. The molecule has 1 fully saturated rings. The van der Waals surface area contributed by atoms with Crippen LogP contribution < -0.4 is 11.1 Å². The normalized spacial score (nSPS) is 19.6. The monoisotopic (exact) mass is 254 g/mol. The van der Waals surface area contributed by atoms with E-state index in [-0.39, 0.29) is 17.9 Å². The molecule has 0 spiro atoms. The second-order valence-corrected chi connectivity index (χ2v) is 5.67. The molecule has 0 heterocycles. The standard InChI is InChI=1S/C15H30N2O/c1-3-12(4-2)14(16)11-17-15(18)13-9-7-5-6-8-10-13/h12-14H,3-11,16H2,1-2H3,(H,17,18). The highest BCUT2D eigenvalue weighted by atomic mass is 16.1. The molecule has 0 saturated heterocycles. The maximum absolute atomic E-state index is 12.1. The fourth-order valence-corrected chi connectivity index (χ4v) is 2.97. The Kier molecular flexibility index (Phi) is 7.33. The lowest BCUT2D eigenvalue weighted by atomic mass is 9.94. The first-order valence-electron chi connectivity index (χ1n) is 7.72. The molecule has 0 radical (unpaired) electrons. The molecule has 3 heteroatoms. The summed E-state index contributed by atoms with van der Waals surface area (Å²) < 4.78 is 0. The van der Waals surface area contributed by atoms with Crippen LogP contribution in [-0.4, -0.2) is 18.5 Å². The van der Waals surface area contributed by atoms with E-state index in [0.29, 0.717) is 12.5 Å². The van der Waals surface area contributed by atoms with Crippen molar-refractivity contribution in [1.82, 2.24) is 5.32 Å². The Morgan fingerprint density at radius 3 is 2.22 bits per heavy atom. The molecule has 1 aliphatic rings. The molecule has 1 unspecified atom stereocenters. The van der Waals surface area contributed by atoms with Crippen LogP contribution in [0, 0.1) is 11.8 Å². The zero-order valence-electron chi connectivity index (χ0n) is 12.1. The molecule has 0 aromatic carbocycles. The predicted octanol–water partition coefficient (Wildman–Crippen LogP) is 2.84. The number of hydrogen-bond acceptors (Lipinski definition) is 2. The summed E-state index contributed by atoms with van der Waals surface area (Å²) >= 11 is 0. The van der Waals surface area contributed by atoms with E-state index in [1.165, 1.54) is 25.7 Å². The Morgan fingerprint density at radius 1 is 1.17 bits per heavy atom. The third-order valence-corrected chi connectivity index (χ3v) is 4.39. The van der Waals surface area contributed by atoms with Gasteiger partial charge in [0.1, 0.15) is 0 Å². The molecular formula is C15H30N2O. The SMILES string of the molecule is CCC(CC)C(N)CNC(=O)C1CCCCCC1. The number of nitrogens with two attached hydrogens (primary N) is 1. The fraction of sp³-hybridized carbons (Fsp3) is 0.933. The van der Waals surface area contributed by atoms with Crippen LogP contribution in [0.4, 0.5) is 0 Å². The van der Waals surface area contributed by atoms with Crippen molar-refractivity contribution in [3.8, 4) is 0 Å². The van der Waals surface area contributed by atoms with Crippen LogP contribution in [0.2, 0.25) is 0 Å². The van der Waals surface area contributed by atoms with E-state index in [4.69, 9.17) is 5.73 Å². The summed E-state index contributed by atoms with van der Waals surface area (Å²) in [6, 6.07) is 0.106. The minimum Gasteiger partial charge on any atom is -0.354 e. The lowest BCUT2D eigenvalue weighted by Crippen LogP contribution is -2.43. The van der Waals surface area contributed by atoms with Gasteiger partial charge in [-0.15, -0.1) is 0 Å². The van der Waals surface area contributed by atoms with Gasteiger partial charge in [0.15, 0.2) is 0 Å². The van der Waals surface area contributed by atoms with E-state index in [9.17, 15) is 4.79 Å². The smallest absolute Gasteiger partial charge is 0.223 e. The quantitative estimate of drug-likeness (QED) is 0.716. The Balaban J connectivity index is 2.30. The molecule has 1 amide bonds. The van der Waals surface area contributed by atoms with E-state index >= 15 is 0 Å². The average molecular weight is 254 g/mol. The zero-order valence-corrected chi connectivity index (χ0v) is 12.1. The van der Waals surface area contributed by atoms with Crippen LogP contribution in [0.3, 0.4) is 0 Å². The molecule has 0 bridgehead atoms. The molecular weight excluding hydrogens is 224 g/mol. The van der Waals surface area contributed by atoms with Gasteiger partial charge in [-0.1, -0.05) is 52.4 Å². The molecule has 0 aromatic rings. The third-order valence-electron chi connectivity index (χ3n) is 4.39. The van der Waals surface area contributed by atoms with Crippen molar-refractivity contribution in [3.05, 3.63) is 0 Å². The number of rotatable bonds is 6. The maximum Gasteiger partial charge on any atom is 0.223 e. The van der Waals surface area contributed by atoms with Crippen LogP contribution in [0.25, 0.3) is 0 Å². The minimum absolute atomic E-state index is 0.106. The van der Waals surface area contributed by atoms with Crippen LogP contribution in [0.15, 0.2) is 0 Å². The van der Waals surface area contributed by atoms with Gasteiger partial charge in [-0.2, -0.15) is 0 Å². The molecule has 106 valence electrons. The van der Waals surface area contributed by atoms with Gasteiger partial charge in [-0.05, 0) is 18.8 Å². The number of amides is 1. The largest absolute Gasteiger partial charge is 0.354 e. The predicted molar refractivity (Wildman–Crippen MR) is 76.2 cm³/mol. The summed E-state index contributed by atoms with van der Waals surface area (Å²) in [4.78, 5) is 12.1. The van der Waals surface area contributed by atoms with E-state index < -0.39 is 0 Å². The molecule has 18 heavy (non-hydrogen) atoms. The molecule has 1 aliphatic carbocycles. The highest BCUT2D eigenvalue weighted by Gasteiger charge is 2.21. The molecule has 3 nitrogen and oxygen atoms in total. The minimum atomic E-state index is 0.106. The van der Waals surface area contributed by atoms with E-state index in [1.54, 1.807) is 0 Å². The average Bonchev–Trinajstić information content (AvgIpc) is 2.66. The van der Waals surface area contributed by atoms with Crippen molar-refractivity contribution in [2.75, 3.05) is 6.54 Å². The van der Waals surface area contributed by atoms with E-state index in [0.717, 1.165) is 25.7 Å². The molecule has 1 atom stereocenters. The Labute approximate surface area is 112 Å². The third kappa shape index (κ3) is 4.97. The first-order valence-corrected chi connectivity index (χ1v) is 7.72. The first kappa shape index (κ1) is 15.5. The van der Waals surface area contributed by atoms with Crippen molar-refractivity contribution in [3.63, 3.8) is 0 Å². The summed E-state index contributed by atoms with van der Waals surface area (Å²) in [5, 5.41) is 3.07. The number of nitrogens with one attached hydrogen (secondary N) is 1. The van der Waals surface area contributed by atoms with Crippen molar-refractivity contribution < 1.29 is 4.79 Å². The van der Waals surface area contributed by atoms with Gasteiger partial charge in [0.05, 0.1) is 0 Å². The van der Waals surface area contributed by atoms with Gasteiger partial charge in [-0.25, -0.2) is 0 Å². The first-order chi connectivity index (χ1) is 8.69. The Bertz CT molecular complexity index is 231. The Morgan fingerprint density at radius 2 is 1.72 bits per heavy atom. The van der Waals surface area contributed by atoms with Crippen LogP contribution in [-0.2, 0) is 4.79 Å². The summed E-state index contributed by atoms with van der Waals surface area (Å²) in [6.07, 6.45) is 9.30. The summed E-state index contributed by atoms with van der Waals surface area (Å²) in [6.45, 7) is 4.98. The number of hydrogen-bond donors (Lipinski definition) is 2. The molecule has 0 aromatic heterocycles. The van der Waals surface area contributed by atoms with E-state index in [2.05, 4.69) is 19.2 Å². The van der Waals surface area contributed by atoms with Crippen LogP contribution >= 0.6 is 0 Å². The van der Waals surface area contributed by atoms with Crippen molar-refractivity contribution >= 4 is 5.91 Å². The second-order valence-electron chi connectivity index (χ2n) is 5.67. The lowest BCUT2D eigenvalue weighted by molar-refractivity contribution is -0.125. The highest BCUT2D eigenvalue weighted by Crippen LogP contribution is 2.22. The van der Waals surface area contributed by atoms with Crippen molar-refractivity contribution in [2.24, 2.45) is 17.6 Å². The van der Waals surface area contributed by atoms with Gasteiger partial charge >= 0.3 is 0 Å². The van der Waals surface area contributed by atoms with Gasteiger partial charge in [0.25, 0.3) is 0 Å². The molecule has 0 aliphatic heterocycles. The van der Waals surface area contributed by atoms with Gasteiger partial charge in [-0.3, -0.25) is 4.79 Å². The summed E-state index contributed by atoms with van der Waals surface area (Å²) in [5.74, 6) is 0.999. The number of carbonyl (C=O) groups is 1. The van der Waals surface area contributed by atoms with E-state index in [1.807, 2.05) is 0 Å². The lowest BCUT2D eigenvalue weighted by Gasteiger charge is -2.23. The van der Waals surface area contributed by atoms with Gasteiger partial charge in [0, 0.05) is 18.5 Å². The summed E-state index contributed by atoms with van der Waals surface area (Å²) in [5.41, 5.74) is 6.13. The highest BCUT2D eigenvalue weighted by molar-refractivity contribution is 5.78. The molecule has 3 N–H and O–H groups in total. The van der Waals surface area contributed by atoms with Gasteiger partial charge in [0.2, 0.25) is 5.91 Å². The van der Waals surface area contributed by atoms with Crippen molar-refractivity contribution in [2.45, 2.75) is 71.3 Å².